The van der Waals surface area contributed by atoms with Crippen LogP contribution in [0.1, 0.15) is 29.4 Å². The van der Waals surface area contributed by atoms with Crippen molar-refractivity contribution < 1.29 is 14.6 Å². The van der Waals surface area contributed by atoms with Gasteiger partial charge in [-0.1, -0.05) is 0 Å². The SMILES string of the molecule is COCC(CO)NC(=O)c1cc(Br)cn1C1CC1. The maximum atomic E-state index is 12.1. The van der Waals surface area contributed by atoms with Crippen LogP contribution in [0.5, 0.6) is 0 Å². The molecule has 6 heteroatoms. The Morgan fingerprint density at radius 1 is 1.72 bits per heavy atom. The van der Waals surface area contributed by atoms with Crippen LogP contribution in [0.25, 0.3) is 0 Å². The molecule has 0 radical (unpaired) electrons. The molecule has 0 aromatic carbocycles. The first-order valence-corrected chi connectivity index (χ1v) is 6.73. The van der Waals surface area contributed by atoms with Gasteiger partial charge in [-0.05, 0) is 34.8 Å². The second kappa shape index (κ2) is 5.86. The van der Waals surface area contributed by atoms with E-state index >= 15 is 0 Å². The first-order valence-electron chi connectivity index (χ1n) is 5.93. The molecule has 1 aliphatic rings. The van der Waals surface area contributed by atoms with Crippen molar-refractivity contribution in [2.24, 2.45) is 0 Å². The Labute approximate surface area is 114 Å². The number of aliphatic hydroxyl groups excluding tert-OH is 1. The molecule has 1 heterocycles. The number of carbonyl (C=O) groups excluding carboxylic acids is 1. The lowest BCUT2D eigenvalue weighted by Gasteiger charge is -2.16. The van der Waals surface area contributed by atoms with E-state index in [1.54, 1.807) is 6.07 Å². The molecule has 1 saturated carbocycles. The van der Waals surface area contributed by atoms with Crippen LogP contribution in [-0.4, -0.2) is 41.9 Å². The number of amides is 1. The molecule has 0 spiro atoms. The molecular weight excluding hydrogens is 300 g/mol. The summed E-state index contributed by atoms with van der Waals surface area (Å²) in [7, 11) is 1.54. The number of nitrogens with one attached hydrogen (secondary N) is 1. The van der Waals surface area contributed by atoms with Crippen LogP contribution in [-0.2, 0) is 4.74 Å². The lowest BCUT2D eigenvalue weighted by molar-refractivity contribution is 0.0831. The van der Waals surface area contributed by atoms with Gasteiger partial charge in [0.05, 0.1) is 19.3 Å². The summed E-state index contributed by atoms with van der Waals surface area (Å²) in [6.45, 7) is 0.165. The molecule has 100 valence electrons. The molecule has 0 bridgehead atoms. The second-order valence-corrected chi connectivity index (χ2v) is 5.41. The van der Waals surface area contributed by atoms with Gasteiger partial charge in [0, 0.05) is 23.8 Å². The number of halogens is 1. The van der Waals surface area contributed by atoms with Gasteiger partial charge >= 0.3 is 0 Å². The zero-order valence-corrected chi connectivity index (χ0v) is 11.8. The highest BCUT2D eigenvalue weighted by atomic mass is 79.9. The van der Waals surface area contributed by atoms with Crippen molar-refractivity contribution in [2.75, 3.05) is 20.3 Å². The molecule has 1 amide bonds. The van der Waals surface area contributed by atoms with Crippen LogP contribution in [0.2, 0.25) is 0 Å². The molecule has 2 N–H and O–H groups in total. The topological polar surface area (TPSA) is 63.5 Å². The quantitative estimate of drug-likeness (QED) is 0.832. The molecule has 18 heavy (non-hydrogen) atoms. The van der Waals surface area contributed by atoms with E-state index in [9.17, 15) is 4.79 Å². The number of carbonyl (C=O) groups is 1. The largest absolute Gasteiger partial charge is 0.394 e. The van der Waals surface area contributed by atoms with Gasteiger partial charge in [0.1, 0.15) is 5.69 Å². The minimum Gasteiger partial charge on any atom is -0.394 e. The number of rotatable bonds is 6. The summed E-state index contributed by atoms with van der Waals surface area (Å²) in [5.41, 5.74) is 0.624. The molecule has 1 atom stereocenters. The standard InChI is InChI=1S/C12H17BrN2O3/c1-18-7-9(6-16)14-12(17)11-4-8(13)5-15(11)10-2-3-10/h4-5,9-10,16H,2-3,6-7H2,1H3,(H,14,17). The van der Waals surface area contributed by atoms with Crippen molar-refractivity contribution >= 4 is 21.8 Å². The van der Waals surface area contributed by atoms with Gasteiger partial charge in [-0.15, -0.1) is 0 Å². The van der Waals surface area contributed by atoms with Gasteiger partial charge in [-0.25, -0.2) is 0 Å². The van der Waals surface area contributed by atoms with Crippen molar-refractivity contribution in [3.63, 3.8) is 0 Å². The maximum absolute atomic E-state index is 12.1. The molecule has 2 rings (SSSR count). The van der Waals surface area contributed by atoms with Crippen LogP contribution >= 0.6 is 15.9 Å². The molecule has 0 saturated heterocycles. The molecule has 0 aliphatic heterocycles. The molecule has 1 aromatic heterocycles. The normalized spacial score (nSPS) is 16.6. The van der Waals surface area contributed by atoms with E-state index in [1.807, 2.05) is 10.8 Å². The lowest BCUT2D eigenvalue weighted by atomic mass is 10.3. The van der Waals surface area contributed by atoms with Crippen LogP contribution in [0.4, 0.5) is 0 Å². The zero-order valence-electron chi connectivity index (χ0n) is 10.2. The summed E-state index contributed by atoms with van der Waals surface area (Å²) in [4.78, 5) is 12.1. The van der Waals surface area contributed by atoms with E-state index in [2.05, 4.69) is 21.2 Å². The van der Waals surface area contributed by atoms with Crippen LogP contribution in [0.15, 0.2) is 16.7 Å². The Balaban J connectivity index is 2.08. The number of aromatic nitrogens is 1. The fourth-order valence-electron chi connectivity index (χ4n) is 1.88. The average molecular weight is 317 g/mol. The molecule has 1 aliphatic carbocycles. The summed E-state index contributed by atoms with van der Waals surface area (Å²) in [5, 5.41) is 11.9. The van der Waals surface area contributed by atoms with E-state index in [4.69, 9.17) is 9.84 Å². The Bertz CT molecular complexity index is 429. The van der Waals surface area contributed by atoms with E-state index in [1.165, 1.54) is 7.11 Å². The minimum absolute atomic E-state index is 0.134. The number of ether oxygens (including phenoxy) is 1. The van der Waals surface area contributed by atoms with Gasteiger partial charge < -0.3 is 19.7 Å². The number of hydrogen-bond acceptors (Lipinski definition) is 3. The van der Waals surface area contributed by atoms with E-state index < -0.39 is 0 Å². The number of nitrogens with zero attached hydrogens (tertiary/aromatic N) is 1. The summed E-state index contributed by atoms with van der Waals surface area (Å²) in [6.07, 6.45) is 4.16. The van der Waals surface area contributed by atoms with Crippen molar-refractivity contribution in [3.8, 4) is 0 Å². The van der Waals surface area contributed by atoms with Crippen LogP contribution < -0.4 is 5.32 Å². The predicted octanol–water partition coefficient (Wildman–Crippen LogP) is 1.32. The highest BCUT2D eigenvalue weighted by molar-refractivity contribution is 9.10. The van der Waals surface area contributed by atoms with Gasteiger partial charge in [-0.2, -0.15) is 0 Å². The third-order valence-corrected chi connectivity index (χ3v) is 3.35. The van der Waals surface area contributed by atoms with Gasteiger partial charge in [0.15, 0.2) is 0 Å². The molecular formula is C12H17BrN2O3. The summed E-state index contributed by atoms with van der Waals surface area (Å²) >= 11 is 3.39. The fourth-order valence-corrected chi connectivity index (χ4v) is 2.32. The second-order valence-electron chi connectivity index (χ2n) is 4.49. The summed E-state index contributed by atoms with van der Waals surface area (Å²) in [6, 6.07) is 1.87. The summed E-state index contributed by atoms with van der Waals surface area (Å²) in [5.74, 6) is -0.177. The Morgan fingerprint density at radius 2 is 2.44 bits per heavy atom. The number of methoxy groups -OCH3 is 1. The fraction of sp³-hybridized carbons (Fsp3) is 0.583. The van der Waals surface area contributed by atoms with Crippen molar-refractivity contribution in [1.82, 2.24) is 9.88 Å². The Morgan fingerprint density at radius 3 is 3.00 bits per heavy atom. The highest BCUT2D eigenvalue weighted by Gasteiger charge is 2.28. The first-order chi connectivity index (χ1) is 8.65. The first kappa shape index (κ1) is 13.6. The monoisotopic (exact) mass is 316 g/mol. The third-order valence-electron chi connectivity index (χ3n) is 2.91. The van der Waals surface area contributed by atoms with E-state index in [0.29, 0.717) is 18.3 Å². The van der Waals surface area contributed by atoms with Crippen molar-refractivity contribution in [1.29, 1.82) is 0 Å². The number of hydrogen-bond donors (Lipinski definition) is 2. The third kappa shape index (κ3) is 3.13. The van der Waals surface area contributed by atoms with Crippen molar-refractivity contribution in [3.05, 3.63) is 22.4 Å². The van der Waals surface area contributed by atoms with Gasteiger partial charge in [0.25, 0.3) is 5.91 Å². The minimum atomic E-state index is -0.371. The molecule has 1 fully saturated rings. The van der Waals surface area contributed by atoms with Gasteiger partial charge in [0.2, 0.25) is 0 Å². The Kier molecular flexibility index (Phi) is 4.42. The van der Waals surface area contributed by atoms with Crippen LogP contribution in [0, 0.1) is 0 Å². The van der Waals surface area contributed by atoms with Crippen LogP contribution in [0.3, 0.4) is 0 Å². The summed E-state index contributed by atoms with van der Waals surface area (Å²) < 4.78 is 7.82. The molecule has 1 unspecified atom stereocenters. The number of aliphatic hydroxyl groups is 1. The smallest absolute Gasteiger partial charge is 0.268 e. The molecule has 5 nitrogen and oxygen atoms in total. The van der Waals surface area contributed by atoms with Crippen molar-refractivity contribution in [2.45, 2.75) is 24.9 Å². The lowest BCUT2D eigenvalue weighted by Crippen LogP contribution is -2.41. The van der Waals surface area contributed by atoms with E-state index in [-0.39, 0.29) is 18.6 Å². The van der Waals surface area contributed by atoms with Gasteiger partial charge in [-0.3, -0.25) is 4.79 Å². The Hall–Kier alpha value is -0.850. The van der Waals surface area contributed by atoms with E-state index in [0.717, 1.165) is 17.3 Å². The predicted molar refractivity (Wildman–Crippen MR) is 70.6 cm³/mol. The highest BCUT2D eigenvalue weighted by Crippen LogP contribution is 2.37. The molecule has 1 aromatic rings. The maximum Gasteiger partial charge on any atom is 0.268 e. The average Bonchev–Trinajstić information content (AvgIpc) is 3.11. The zero-order chi connectivity index (χ0) is 13.1.